The van der Waals surface area contributed by atoms with E-state index < -0.39 is 9.84 Å². The fourth-order valence-electron chi connectivity index (χ4n) is 2.20. The molecule has 0 aliphatic rings. The standard InChI is InChI=1S/C17H15ClN2O2S2/c18-15-16(24(21,22)14-9-5-2-6-10-14)20-17(23-15)19-12-11-13-7-3-1-4-8-13/h1-10H,11-12H2,(H,19,20). The summed E-state index contributed by atoms with van der Waals surface area (Å²) in [6, 6.07) is 18.2. The average molecular weight is 379 g/mol. The van der Waals surface area contributed by atoms with E-state index in [4.69, 9.17) is 11.6 Å². The van der Waals surface area contributed by atoms with Crippen LogP contribution in [0.25, 0.3) is 0 Å². The lowest BCUT2D eigenvalue weighted by atomic mass is 10.2. The molecular weight excluding hydrogens is 364 g/mol. The minimum absolute atomic E-state index is 0.0948. The highest BCUT2D eigenvalue weighted by Gasteiger charge is 2.25. The van der Waals surface area contributed by atoms with Gasteiger partial charge in [-0.3, -0.25) is 0 Å². The highest BCUT2D eigenvalue weighted by molar-refractivity contribution is 7.91. The Morgan fingerprint density at radius 1 is 1.00 bits per heavy atom. The summed E-state index contributed by atoms with van der Waals surface area (Å²) < 4.78 is 25.4. The van der Waals surface area contributed by atoms with Gasteiger partial charge in [0.1, 0.15) is 4.34 Å². The number of hydrogen-bond acceptors (Lipinski definition) is 5. The normalized spacial score (nSPS) is 11.4. The van der Waals surface area contributed by atoms with E-state index in [0.29, 0.717) is 11.7 Å². The van der Waals surface area contributed by atoms with Gasteiger partial charge in [0.25, 0.3) is 0 Å². The van der Waals surface area contributed by atoms with Crippen LogP contribution in [0.5, 0.6) is 0 Å². The molecule has 3 aromatic rings. The molecule has 0 amide bonds. The van der Waals surface area contributed by atoms with Gasteiger partial charge >= 0.3 is 0 Å². The zero-order valence-electron chi connectivity index (χ0n) is 12.6. The van der Waals surface area contributed by atoms with Crippen LogP contribution in [0, 0.1) is 0 Å². The van der Waals surface area contributed by atoms with Gasteiger partial charge in [-0.1, -0.05) is 71.5 Å². The van der Waals surface area contributed by atoms with Crippen LogP contribution in [0.1, 0.15) is 5.56 Å². The first-order valence-corrected chi connectivity index (χ1v) is 9.99. The van der Waals surface area contributed by atoms with Crippen LogP contribution < -0.4 is 5.32 Å². The van der Waals surface area contributed by atoms with Crippen LogP contribution in [0.4, 0.5) is 5.13 Å². The zero-order valence-corrected chi connectivity index (χ0v) is 15.0. The average Bonchev–Trinajstić information content (AvgIpc) is 2.98. The SMILES string of the molecule is O=S(=O)(c1ccccc1)c1nc(NCCc2ccccc2)sc1Cl. The Balaban J connectivity index is 1.73. The Morgan fingerprint density at radius 2 is 1.62 bits per heavy atom. The molecule has 0 aliphatic carbocycles. The summed E-state index contributed by atoms with van der Waals surface area (Å²) in [7, 11) is -3.70. The Kier molecular flexibility index (Phi) is 5.18. The Labute approximate surface area is 150 Å². The quantitative estimate of drug-likeness (QED) is 0.695. The molecule has 1 N–H and O–H groups in total. The van der Waals surface area contributed by atoms with Crippen molar-refractivity contribution < 1.29 is 8.42 Å². The maximum Gasteiger partial charge on any atom is 0.226 e. The van der Waals surface area contributed by atoms with Gasteiger partial charge in [0.2, 0.25) is 9.84 Å². The molecule has 4 nitrogen and oxygen atoms in total. The predicted molar refractivity (Wildman–Crippen MR) is 97.7 cm³/mol. The van der Waals surface area contributed by atoms with Crippen molar-refractivity contribution in [2.24, 2.45) is 0 Å². The first-order chi connectivity index (χ1) is 11.6. The first kappa shape index (κ1) is 17.0. The van der Waals surface area contributed by atoms with Crippen molar-refractivity contribution >= 4 is 37.9 Å². The van der Waals surface area contributed by atoms with Crippen LogP contribution >= 0.6 is 22.9 Å². The van der Waals surface area contributed by atoms with Crippen LogP contribution in [0.2, 0.25) is 4.34 Å². The second-order valence-corrected chi connectivity index (χ2v) is 8.54. The van der Waals surface area contributed by atoms with Crippen molar-refractivity contribution in [2.45, 2.75) is 16.3 Å². The highest BCUT2D eigenvalue weighted by atomic mass is 35.5. The smallest absolute Gasteiger partial charge is 0.226 e. The zero-order chi connectivity index (χ0) is 17.0. The van der Waals surface area contributed by atoms with E-state index in [1.54, 1.807) is 18.2 Å². The van der Waals surface area contributed by atoms with Crippen molar-refractivity contribution in [1.29, 1.82) is 0 Å². The topological polar surface area (TPSA) is 59.1 Å². The van der Waals surface area contributed by atoms with Gasteiger partial charge in [-0.25, -0.2) is 13.4 Å². The molecule has 24 heavy (non-hydrogen) atoms. The van der Waals surface area contributed by atoms with Gasteiger partial charge in [-0.05, 0) is 24.1 Å². The van der Waals surface area contributed by atoms with E-state index in [-0.39, 0.29) is 14.3 Å². The van der Waals surface area contributed by atoms with Crippen molar-refractivity contribution in [3.05, 3.63) is 70.6 Å². The summed E-state index contributed by atoms with van der Waals surface area (Å²) in [5.74, 6) is 0. The molecule has 124 valence electrons. The van der Waals surface area contributed by atoms with Crippen LogP contribution in [0.3, 0.4) is 0 Å². The predicted octanol–water partition coefficient (Wildman–Crippen LogP) is 4.28. The molecule has 0 spiro atoms. The van der Waals surface area contributed by atoms with Crippen molar-refractivity contribution in [3.63, 3.8) is 0 Å². The molecule has 1 aromatic heterocycles. The van der Waals surface area contributed by atoms with E-state index in [1.807, 2.05) is 30.3 Å². The van der Waals surface area contributed by atoms with Crippen LogP contribution in [0.15, 0.2) is 70.6 Å². The molecule has 0 saturated heterocycles. The number of anilines is 1. The molecule has 0 saturated carbocycles. The second kappa shape index (κ2) is 7.34. The van der Waals surface area contributed by atoms with Crippen molar-refractivity contribution in [2.75, 3.05) is 11.9 Å². The number of rotatable bonds is 6. The molecular formula is C17H15ClN2O2S2. The third-order valence-electron chi connectivity index (χ3n) is 3.40. The van der Waals surface area contributed by atoms with Crippen molar-refractivity contribution in [3.8, 4) is 0 Å². The van der Waals surface area contributed by atoms with Crippen LogP contribution in [-0.4, -0.2) is 19.9 Å². The lowest BCUT2D eigenvalue weighted by Gasteiger charge is -2.03. The van der Waals surface area contributed by atoms with E-state index in [9.17, 15) is 8.42 Å². The molecule has 0 unspecified atom stereocenters. The molecule has 0 radical (unpaired) electrons. The molecule has 1 heterocycles. The number of nitrogens with one attached hydrogen (secondary N) is 1. The number of benzene rings is 2. The number of thiazole rings is 1. The molecule has 7 heteroatoms. The number of hydrogen-bond donors (Lipinski definition) is 1. The van der Waals surface area contributed by atoms with Crippen LogP contribution in [-0.2, 0) is 16.3 Å². The fourth-order valence-corrected chi connectivity index (χ4v) is 5.05. The van der Waals surface area contributed by atoms with E-state index >= 15 is 0 Å². The summed E-state index contributed by atoms with van der Waals surface area (Å²) in [5, 5.41) is 3.55. The molecule has 3 rings (SSSR count). The van der Waals surface area contributed by atoms with E-state index in [0.717, 1.165) is 17.8 Å². The van der Waals surface area contributed by atoms with Gasteiger partial charge in [0.05, 0.1) is 4.90 Å². The number of aromatic nitrogens is 1. The third-order valence-corrected chi connectivity index (χ3v) is 6.55. The third kappa shape index (κ3) is 3.77. The van der Waals surface area contributed by atoms with Gasteiger partial charge in [0, 0.05) is 6.54 Å². The summed E-state index contributed by atoms with van der Waals surface area (Å²) in [6.07, 6.45) is 0.818. The molecule has 0 aliphatic heterocycles. The van der Waals surface area contributed by atoms with Gasteiger partial charge in [-0.2, -0.15) is 0 Å². The monoisotopic (exact) mass is 378 g/mol. The fraction of sp³-hybridized carbons (Fsp3) is 0.118. The molecule has 0 atom stereocenters. The maximum absolute atomic E-state index is 12.6. The summed E-state index contributed by atoms with van der Waals surface area (Å²) >= 11 is 7.25. The minimum atomic E-state index is -3.70. The van der Waals surface area contributed by atoms with Gasteiger partial charge < -0.3 is 5.32 Å². The Morgan fingerprint density at radius 3 is 2.29 bits per heavy atom. The van der Waals surface area contributed by atoms with E-state index in [2.05, 4.69) is 10.3 Å². The summed E-state index contributed by atoms with van der Waals surface area (Å²) in [5.41, 5.74) is 1.20. The van der Waals surface area contributed by atoms with Crippen molar-refractivity contribution in [1.82, 2.24) is 4.98 Å². The highest BCUT2D eigenvalue weighted by Crippen LogP contribution is 2.34. The Bertz CT molecular complexity index is 910. The first-order valence-electron chi connectivity index (χ1n) is 7.31. The number of sulfone groups is 1. The molecule has 0 fully saturated rings. The maximum atomic E-state index is 12.6. The number of halogens is 1. The second-order valence-electron chi connectivity index (χ2n) is 5.08. The van der Waals surface area contributed by atoms with E-state index in [1.165, 1.54) is 17.7 Å². The molecule has 2 aromatic carbocycles. The molecule has 0 bridgehead atoms. The van der Waals surface area contributed by atoms with Gasteiger partial charge in [-0.15, -0.1) is 0 Å². The lowest BCUT2D eigenvalue weighted by Crippen LogP contribution is -2.06. The minimum Gasteiger partial charge on any atom is -0.361 e. The Hall–Kier alpha value is -1.89. The summed E-state index contributed by atoms with van der Waals surface area (Å²) in [6.45, 7) is 0.651. The largest absolute Gasteiger partial charge is 0.361 e. The van der Waals surface area contributed by atoms with Gasteiger partial charge in [0.15, 0.2) is 10.2 Å². The lowest BCUT2D eigenvalue weighted by molar-refractivity contribution is 0.593. The summed E-state index contributed by atoms with van der Waals surface area (Å²) in [4.78, 5) is 4.36. The number of nitrogens with zero attached hydrogens (tertiary/aromatic N) is 1.